The van der Waals surface area contributed by atoms with Crippen molar-refractivity contribution >= 4 is 0 Å². The van der Waals surface area contributed by atoms with Crippen LogP contribution in [0.4, 0.5) is 0 Å². The topological polar surface area (TPSA) is 53.0 Å². The maximum absolute atomic E-state index is 9.04. The average Bonchev–Trinajstić information content (AvgIpc) is 2.42. The van der Waals surface area contributed by atoms with E-state index in [4.69, 9.17) is 11.0 Å². The molecule has 3 heteroatoms. The Bertz CT molecular complexity index is 243. The van der Waals surface area contributed by atoms with Crippen LogP contribution in [0.3, 0.4) is 0 Å². The van der Waals surface area contributed by atoms with E-state index in [2.05, 4.69) is 31.7 Å². The van der Waals surface area contributed by atoms with Crippen LogP contribution < -0.4 is 5.73 Å². The van der Waals surface area contributed by atoms with Crippen molar-refractivity contribution in [3.63, 3.8) is 0 Å². The fourth-order valence-electron chi connectivity index (χ4n) is 2.22. The van der Waals surface area contributed by atoms with E-state index in [0.29, 0.717) is 0 Å². The van der Waals surface area contributed by atoms with Crippen LogP contribution in [0.2, 0.25) is 0 Å². The molecule has 3 nitrogen and oxygen atoms in total. The van der Waals surface area contributed by atoms with Crippen molar-refractivity contribution in [2.45, 2.75) is 65.3 Å². The highest BCUT2D eigenvalue weighted by molar-refractivity contribution is 5.03. The fourth-order valence-corrected chi connectivity index (χ4v) is 2.22. The molecule has 106 valence electrons. The average molecular weight is 253 g/mol. The van der Waals surface area contributed by atoms with Gasteiger partial charge in [0.1, 0.15) is 5.54 Å². The Kier molecular flexibility index (Phi) is 9.05. The maximum Gasteiger partial charge on any atom is 0.104 e. The summed E-state index contributed by atoms with van der Waals surface area (Å²) in [6, 6.07) is 2.24. The lowest BCUT2D eigenvalue weighted by Gasteiger charge is -2.26. The first-order chi connectivity index (χ1) is 8.55. The predicted molar refractivity (Wildman–Crippen MR) is 78.2 cm³/mol. The number of nitrogens with zero attached hydrogens (tertiary/aromatic N) is 2. The number of nitrogens with two attached hydrogens (primary N) is 1. The molecule has 2 N–H and O–H groups in total. The third-order valence-corrected chi connectivity index (χ3v) is 4.07. The van der Waals surface area contributed by atoms with Gasteiger partial charge in [-0.1, -0.05) is 40.5 Å². The molecule has 0 aliphatic carbocycles. The highest BCUT2D eigenvalue weighted by atomic mass is 15.1. The summed E-state index contributed by atoms with van der Waals surface area (Å²) in [4.78, 5) is 2.49. The van der Waals surface area contributed by atoms with Crippen molar-refractivity contribution in [2.24, 2.45) is 11.7 Å². The molecule has 0 aliphatic heterocycles. The summed E-state index contributed by atoms with van der Waals surface area (Å²) < 4.78 is 0. The molecule has 0 saturated heterocycles. The Labute approximate surface area is 113 Å². The van der Waals surface area contributed by atoms with Gasteiger partial charge in [-0.2, -0.15) is 5.26 Å². The fraction of sp³-hybridized carbons (Fsp3) is 0.933. The van der Waals surface area contributed by atoms with Crippen molar-refractivity contribution in [1.29, 1.82) is 5.26 Å². The molecule has 18 heavy (non-hydrogen) atoms. The number of nitriles is 1. The second-order valence-electron chi connectivity index (χ2n) is 5.30. The quantitative estimate of drug-likeness (QED) is 0.650. The molecule has 0 aromatic carbocycles. The number of hydrogen-bond acceptors (Lipinski definition) is 3. The third kappa shape index (κ3) is 6.37. The van der Waals surface area contributed by atoms with Gasteiger partial charge in [-0.25, -0.2) is 0 Å². The first kappa shape index (κ1) is 17.4. The van der Waals surface area contributed by atoms with E-state index in [1.165, 1.54) is 19.4 Å². The van der Waals surface area contributed by atoms with Gasteiger partial charge in [0.05, 0.1) is 6.07 Å². The van der Waals surface area contributed by atoms with Crippen molar-refractivity contribution < 1.29 is 0 Å². The molecule has 0 heterocycles. The molecular weight excluding hydrogens is 222 g/mol. The SMILES string of the molecule is CCC(CC)CN(CC)CCCC(N)(C#N)CC. The van der Waals surface area contributed by atoms with E-state index in [9.17, 15) is 0 Å². The standard InChI is InChI=1S/C15H31N3/c1-5-14(6-2)12-18(8-4)11-9-10-15(17,7-3)13-16/h14H,5-12,17H2,1-4H3. The van der Waals surface area contributed by atoms with Gasteiger partial charge in [-0.3, -0.25) is 0 Å². The summed E-state index contributed by atoms with van der Waals surface area (Å²) in [6.45, 7) is 12.1. The molecule has 1 unspecified atom stereocenters. The Morgan fingerprint density at radius 1 is 1.22 bits per heavy atom. The lowest BCUT2D eigenvalue weighted by atomic mass is 9.93. The largest absolute Gasteiger partial charge is 0.313 e. The van der Waals surface area contributed by atoms with E-state index in [1.807, 2.05) is 6.92 Å². The number of hydrogen-bond donors (Lipinski definition) is 1. The Balaban J connectivity index is 4.05. The van der Waals surface area contributed by atoms with E-state index >= 15 is 0 Å². The summed E-state index contributed by atoms with van der Waals surface area (Å²) in [5, 5.41) is 9.04. The zero-order valence-electron chi connectivity index (χ0n) is 12.7. The Morgan fingerprint density at radius 2 is 1.83 bits per heavy atom. The van der Waals surface area contributed by atoms with Crippen molar-refractivity contribution in [3.05, 3.63) is 0 Å². The summed E-state index contributed by atoms with van der Waals surface area (Å²) in [6.07, 6.45) is 5.06. The van der Waals surface area contributed by atoms with Gasteiger partial charge in [0.15, 0.2) is 0 Å². The van der Waals surface area contributed by atoms with Gasteiger partial charge in [0.2, 0.25) is 0 Å². The normalized spacial score (nSPS) is 14.8. The van der Waals surface area contributed by atoms with Crippen LogP contribution in [-0.2, 0) is 0 Å². The Hall–Kier alpha value is -0.590. The van der Waals surface area contributed by atoms with Crippen LogP contribution in [0.25, 0.3) is 0 Å². The van der Waals surface area contributed by atoms with Gasteiger partial charge in [-0.05, 0) is 38.3 Å². The van der Waals surface area contributed by atoms with Gasteiger partial charge >= 0.3 is 0 Å². The lowest BCUT2D eigenvalue weighted by Crippen LogP contribution is -2.38. The van der Waals surface area contributed by atoms with Crippen LogP contribution in [0.5, 0.6) is 0 Å². The molecule has 0 aliphatic rings. The minimum absolute atomic E-state index is 0.617. The molecule has 0 aromatic heterocycles. The van der Waals surface area contributed by atoms with Gasteiger partial charge in [-0.15, -0.1) is 0 Å². The summed E-state index contributed by atoms with van der Waals surface area (Å²) >= 11 is 0. The zero-order chi connectivity index (χ0) is 14.0. The molecule has 1 atom stereocenters. The van der Waals surface area contributed by atoms with Crippen LogP contribution in [0.15, 0.2) is 0 Å². The third-order valence-electron chi connectivity index (χ3n) is 4.07. The van der Waals surface area contributed by atoms with Crippen LogP contribution >= 0.6 is 0 Å². The second-order valence-corrected chi connectivity index (χ2v) is 5.30. The minimum Gasteiger partial charge on any atom is -0.313 e. The molecule has 0 aromatic rings. The molecule has 0 saturated carbocycles. The molecule has 0 fully saturated rings. The predicted octanol–water partition coefficient (Wildman–Crippen LogP) is 3.16. The van der Waals surface area contributed by atoms with Crippen LogP contribution in [0.1, 0.15) is 59.8 Å². The summed E-state index contributed by atoms with van der Waals surface area (Å²) in [5.41, 5.74) is 5.38. The van der Waals surface area contributed by atoms with Gasteiger partial charge in [0, 0.05) is 6.54 Å². The second kappa shape index (κ2) is 9.35. The highest BCUT2D eigenvalue weighted by Gasteiger charge is 2.21. The van der Waals surface area contributed by atoms with Crippen molar-refractivity contribution in [1.82, 2.24) is 4.90 Å². The smallest absolute Gasteiger partial charge is 0.104 e. The summed E-state index contributed by atoms with van der Waals surface area (Å²) in [5.74, 6) is 0.801. The van der Waals surface area contributed by atoms with Crippen LogP contribution in [-0.4, -0.2) is 30.1 Å². The lowest BCUT2D eigenvalue weighted by molar-refractivity contribution is 0.225. The Morgan fingerprint density at radius 3 is 2.22 bits per heavy atom. The monoisotopic (exact) mass is 253 g/mol. The number of rotatable bonds is 10. The zero-order valence-corrected chi connectivity index (χ0v) is 12.7. The van der Waals surface area contributed by atoms with E-state index in [-0.39, 0.29) is 0 Å². The first-order valence-electron chi connectivity index (χ1n) is 7.47. The molecule has 0 amide bonds. The first-order valence-corrected chi connectivity index (χ1v) is 7.47. The molecule has 0 bridgehead atoms. The molecule has 0 spiro atoms. The van der Waals surface area contributed by atoms with Crippen LogP contribution in [0, 0.1) is 17.2 Å². The molecule has 0 radical (unpaired) electrons. The van der Waals surface area contributed by atoms with Crippen molar-refractivity contribution in [2.75, 3.05) is 19.6 Å². The van der Waals surface area contributed by atoms with Gasteiger partial charge in [0.25, 0.3) is 0 Å². The van der Waals surface area contributed by atoms with E-state index in [0.717, 1.165) is 38.3 Å². The summed E-state index contributed by atoms with van der Waals surface area (Å²) in [7, 11) is 0. The molecular formula is C15H31N3. The maximum atomic E-state index is 9.04. The molecule has 0 rings (SSSR count). The van der Waals surface area contributed by atoms with Crippen molar-refractivity contribution in [3.8, 4) is 6.07 Å². The van der Waals surface area contributed by atoms with Gasteiger partial charge < -0.3 is 10.6 Å². The minimum atomic E-state index is -0.617. The highest BCUT2D eigenvalue weighted by Crippen LogP contribution is 2.15. The van der Waals surface area contributed by atoms with E-state index in [1.54, 1.807) is 0 Å². The van der Waals surface area contributed by atoms with E-state index < -0.39 is 5.54 Å².